The summed E-state index contributed by atoms with van der Waals surface area (Å²) in [5, 5.41) is 0. The van der Waals surface area contributed by atoms with Crippen LogP contribution in [-0.4, -0.2) is 52.3 Å². The molecule has 1 amide bonds. The van der Waals surface area contributed by atoms with Gasteiger partial charge in [0.1, 0.15) is 11.5 Å². The molecule has 1 heterocycles. The predicted molar refractivity (Wildman–Crippen MR) is 207 cm³/mol. The Morgan fingerprint density at radius 1 is 0.784 bits per heavy atom. The Bertz CT molecular complexity index is 1500. The highest BCUT2D eigenvalue weighted by Gasteiger charge is 2.34. The van der Waals surface area contributed by atoms with E-state index in [0.717, 1.165) is 85.6 Å². The van der Waals surface area contributed by atoms with Gasteiger partial charge in [0, 0.05) is 31.4 Å². The monoisotopic (exact) mass is 696 g/mol. The molecule has 2 fully saturated rings. The Morgan fingerprint density at radius 2 is 1.49 bits per heavy atom. The van der Waals surface area contributed by atoms with E-state index in [1.807, 2.05) is 65.6 Å². The number of rotatable bonds is 21. The highest BCUT2D eigenvalue weighted by Crippen LogP contribution is 2.45. The van der Waals surface area contributed by atoms with E-state index in [0.29, 0.717) is 31.4 Å². The Labute approximate surface area is 306 Å². The number of carbonyl (C=O) groups is 2. The molecule has 3 aromatic carbocycles. The van der Waals surface area contributed by atoms with Gasteiger partial charge in [-0.15, -0.1) is 0 Å². The zero-order valence-corrected chi connectivity index (χ0v) is 31.3. The molecule has 276 valence electrons. The number of unbranched alkanes of at least 4 members (excludes halogenated alkanes) is 8. The number of anilines is 2. The lowest BCUT2D eigenvalue weighted by Gasteiger charge is -2.35. The first kappa shape index (κ1) is 38.2. The van der Waals surface area contributed by atoms with Gasteiger partial charge in [-0.1, -0.05) is 88.6 Å². The number of carbonyl (C=O) groups excluding carboxylic acids is 2. The van der Waals surface area contributed by atoms with Crippen molar-refractivity contribution in [2.45, 2.75) is 103 Å². The molecule has 1 aliphatic carbocycles. The van der Waals surface area contributed by atoms with Gasteiger partial charge in [0.25, 0.3) is 5.91 Å². The second kappa shape index (κ2) is 20.1. The average molecular weight is 697 g/mol. The van der Waals surface area contributed by atoms with Crippen molar-refractivity contribution >= 4 is 23.3 Å². The smallest absolute Gasteiger partial charge is 0.306 e. The van der Waals surface area contributed by atoms with Crippen LogP contribution in [0.2, 0.25) is 0 Å². The molecule has 1 atom stereocenters. The van der Waals surface area contributed by atoms with Gasteiger partial charge in [-0.25, -0.2) is 0 Å². The summed E-state index contributed by atoms with van der Waals surface area (Å²) in [5.74, 6) is 2.65. The first-order valence-electron chi connectivity index (χ1n) is 19.6. The van der Waals surface area contributed by atoms with Crippen molar-refractivity contribution in [1.82, 2.24) is 0 Å². The van der Waals surface area contributed by atoms with Crippen LogP contribution in [0.1, 0.15) is 119 Å². The molecule has 7 heteroatoms. The third-order valence-corrected chi connectivity index (χ3v) is 10.8. The number of ether oxygens (including phenoxy) is 3. The van der Waals surface area contributed by atoms with Gasteiger partial charge < -0.3 is 24.0 Å². The molecule has 1 aliphatic heterocycles. The van der Waals surface area contributed by atoms with Gasteiger partial charge >= 0.3 is 5.97 Å². The Kier molecular flexibility index (Phi) is 15.1. The Morgan fingerprint density at radius 3 is 2.16 bits per heavy atom. The minimum atomic E-state index is -0.155. The quantitative estimate of drug-likeness (QED) is 0.0816. The van der Waals surface area contributed by atoms with E-state index in [4.69, 9.17) is 14.2 Å². The molecule has 1 saturated carbocycles. The van der Waals surface area contributed by atoms with Crippen LogP contribution in [0.4, 0.5) is 11.4 Å². The van der Waals surface area contributed by atoms with E-state index >= 15 is 0 Å². The number of hydrogen-bond acceptors (Lipinski definition) is 6. The molecular formula is C44H60N2O5. The highest BCUT2D eigenvalue weighted by molar-refractivity contribution is 6.10. The van der Waals surface area contributed by atoms with Crippen LogP contribution < -0.4 is 19.3 Å². The lowest BCUT2D eigenvalue weighted by Crippen LogP contribution is -2.38. The molecule has 0 unspecified atom stereocenters. The van der Waals surface area contributed by atoms with Crippen LogP contribution >= 0.6 is 0 Å². The van der Waals surface area contributed by atoms with Crippen molar-refractivity contribution < 1.29 is 23.8 Å². The fraction of sp³-hybridized carbons (Fsp3) is 0.545. The minimum absolute atomic E-state index is 0.0421. The number of esters is 1. The summed E-state index contributed by atoms with van der Waals surface area (Å²) < 4.78 is 17.0. The number of nitrogens with zero attached hydrogens (tertiary/aromatic N) is 2. The second-order valence-corrected chi connectivity index (χ2v) is 14.5. The fourth-order valence-electron chi connectivity index (χ4n) is 7.47. The van der Waals surface area contributed by atoms with Gasteiger partial charge in [0.15, 0.2) is 0 Å². The largest absolute Gasteiger partial charge is 0.497 e. The molecule has 0 aromatic heterocycles. The van der Waals surface area contributed by atoms with Gasteiger partial charge in [-0.2, -0.15) is 0 Å². The summed E-state index contributed by atoms with van der Waals surface area (Å²) in [4.78, 5) is 30.8. The second-order valence-electron chi connectivity index (χ2n) is 14.5. The van der Waals surface area contributed by atoms with Gasteiger partial charge in [-0.05, 0) is 91.8 Å². The van der Waals surface area contributed by atoms with E-state index in [1.165, 1.54) is 52.1 Å². The van der Waals surface area contributed by atoms with Gasteiger partial charge in [0.2, 0.25) is 0 Å². The summed E-state index contributed by atoms with van der Waals surface area (Å²) in [5.41, 5.74) is 3.76. The van der Waals surface area contributed by atoms with Crippen LogP contribution in [-0.2, 0) is 9.53 Å². The van der Waals surface area contributed by atoms with E-state index < -0.39 is 0 Å². The maximum Gasteiger partial charge on any atom is 0.306 e. The van der Waals surface area contributed by atoms with Gasteiger partial charge in [-0.3, -0.25) is 9.59 Å². The molecule has 3 aromatic rings. The lowest BCUT2D eigenvalue weighted by atomic mass is 9.91. The molecule has 7 nitrogen and oxygen atoms in total. The van der Waals surface area contributed by atoms with Crippen LogP contribution in [0.25, 0.3) is 0 Å². The Balaban J connectivity index is 1.19. The van der Waals surface area contributed by atoms with Crippen molar-refractivity contribution in [3.05, 3.63) is 83.9 Å². The number of para-hydroxylation sites is 1. The summed E-state index contributed by atoms with van der Waals surface area (Å²) in [6.07, 6.45) is 15.9. The Hall–Kier alpha value is -4.00. The SMILES string of the molecule is CCCCCCCCCCCN(C(=O)c1ccc(OC)cc1N1CCC(COc2cccc([C@@H](CC(=O)OC)C3CC3)c2)CC1)c1ccccc1. The third kappa shape index (κ3) is 11.5. The zero-order valence-electron chi connectivity index (χ0n) is 31.3. The number of methoxy groups -OCH3 is 2. The lowest BCUT2D eigenvalue weighted by molar-refractivity contribution is -0.141. The first-order valence-corrected chi connectivity index (χ1v) is 19.6. The summed E-state index contributed by atoms with van der Waals surface area (Å²) in [6.45, 7) is 5.29. The topological polar surface area (TPSA) is 68.3 Å². The molecule has 5 rings (SSSR count). The molecule has 0 bridgehead atoms. The fourth-order valence-corrected chi connectivity index (χ4v) is 7.47. The molecular weight excluding hydrogens is 636 g/mol. The standard InChI is InChI=1S/C44H60N2O5/c1-4-5-6-7-8-9-10-11-15-27-46(37-18-13-12-14-19-37)44(48)40-24-23-38(49-2)31-42(40)45-28-25-34(26-29-45)33-51-39-20-16-17-36(30-39)41(35-21-22-35)32-43(47)50-3/h12-14,16-20,23-24,30-31,34-35,41H,4-11,15,21-22,25-29,32-33H2,1-3H3/t41-/m0/s1. The van der Waals surface area contributed by atoms with Crippen molar-refractivity contribution in [2.24, 2.45) is 11.8 Å². The molecule has 0 spiro atoms. The number of amides is 1. The zero-order chi connectivity index (χ0) is 35.8. The van der Waals surface area contributed by atoms with Crippen molar-refractivity contribution in [3.63, 3.8) is 0 Å². The average Bonchev–Trinajstić information content (AvgIpc) is 4.03. The molecule has 2 aliphatic rings. The summed E-state index contributed by atoms with van der Waals surface area (Å²) in [7, 11) is 3.14. The van der Waals surface area contributed by atoms with Crippen molar-refractivity contribution in [1.29, 1.82) is 0 Å². The first-order chi connectivity index (χ1) is 25.0. The third-order valence-electron chi connectivity index (χ3n) is 10.8. The van der Waals surface area contributed by atoms with E-state index in [1.54, 1.807) is 7.11 Å². The maximum absolute atomic E-state index is 14.4. The van der Waals surface area contributed by atoms with Crippen LogP contribution in [0.3, 0.4) is 0 Å². The molecule has 0 N–H and O–H groups in total. The molecule has 0 radical (unpaired) electrons. The predicted octanol–water partition coefficient (Wildman–Crippen LogP) is 10.2. The van der Waals surface area contributed by atoms with E-state index in [-0.39, 0.29) is 17.8 Å². The normalized spacial score (nSPS) is 15.3. The molecule has 51 heavy (non-hydrogen) atoms. The van der Waals surface area contributed by atoms with E-state index in [9.17, 15) is 9.59 Å². The summed E-state index contributed by atoms with van der Waals surface area (Å²) >= 11 is 0. The van der Waals surface area contributed by atoms with E-state index in [2.05, 4.69) is 24.0 Å². The minimum Gasteiger partial charge on any atom is -0.497 e. The van der Waals surface area contributed by atoms with Crippen molar-refractivity contribution in [3.8, 4) is 11.5 Å². The number of piperidine rings is 1. The number of benzene rings is 3. The highest BCUT2D eigenvalue weighted by atomic mass is 16.5. The molecule has 1 saturated heterocycles. The maximum atomic E-state index is 14.4. The van der Waals surface area contributed by atoms with Crippen LogP contribution in [0, 0.1) is 11.8 Å². The van der Waals surface area contributed by atoms with Crippen LogP contribution in [0.5, 0.6) is 11.5 Å². The van der Waals surface area contributed by atoms with Gasteiger partial charge in [0.05, 0.1) is 38.5 Å². The van der Waals surface area contributed by atoms with Crippen LogP contribution in [0.15, 0.2) is 72.8 Å². The summed E-state index contributed by atoms with van der Waals surface area (Å²) in [6, 6.07) is 24.3. The number of hydrogen-bond donors (Lipinski definition) is 0. The van der Waals surface area contributed by atoms with Crippen molar-refractivity contribution in [2.75, 3.05) is 50.3 Å².